The van der Waals surface area contributed by atoms with Crippen LogP contribution in [0.15, 0.2) is 48.5 Å². The highest BCUT2D eigenvalue weighted by molar-refractivity contribution is 5.95. The summed E-state index contributed by atoms with van der Waals surface area (Å²) >= 11 is 0. The Bertz CT molecular complexity index is 837. The molecule has 3 rings (SSSR count). The molecule has 1 atom stereocenters. The van der Waals surface area contributed by atoms with Gasteiger partial charge in [0.1, 0.15) is 5.75 Å². The van der Waals surface area contributed by atoms with Crippen LogP contribution in [0, 0.1) is 0 Å². The Morgan fingerprint density at radius 1 is 1.14 bits per heavy atom. The molecular weight excluding hydrogens is 356 g/mol. The second-order valence-electron chi connectivity index (χ2n) is 6.99. The topological polar surface area (TPSA) is 78.9 Å². The van der Waals surface area contributed by atoms with E-state index in [1.54, 1.807) is 7.11 Å². The number of hydrogen-bond donors (Lipinski definition) is 2. The van der Waals surface area contributed by atoms with E-state index in [1.807, 2.05) is 53.4 Å². The lowest BCUT2D eigenvalue weighted by Gasteiger charge is -2.34. The number of aliphatic carboxylic acids is 1. The average molecular weight is 382 g/mol. The minimum absolute atomic E-state index is 0.0507. The number of amides is 1. The van der Waals surface area contributed by atoms with Crippen LogP contribution in [-0.2, 0) is 9.59 Å². The number of carbonyl (C=O) groups is 2. The molecule has 1 unspecified atom stereocenters. The number of methoxy groups -OCH3 is 1. The Labute approximate surface area is 165 Å². The molecule has 6 heteroatoms. The molecule has 1 heterocycles. The van der Waals surface area contributed by atoms with Crippen molar-refractivity contribution in [2.24, 2.45) is 0 Å². The largest absolute Gasteiger partial charge is 0.497 e. The van der Waals surface area contributed by atoms with E-state index in [4.69, 9.17) is 9.84 Å². The Kier molecular flexibility index (Phi) is 6.66. The number of nitrogens with one attached hydrogen (secondary N) is 1. The van der Waals surface area contributed by atoms with Gasteiger partial charge in [0.15, 0.2) is 0 Å². The molecule has 1 amide bonds. The first kappa shape index (κ1) is 19.9. The molecule has 1 saturated heterocycles. The number of carboxylic acids is 1. The van der Waals surface area contributed by atoms with Crippen LogP contribution in [0.1, 0.15) is 25.7 Å². The van der Waals surface area contributed by atoms with E-state index in [9.17, 15) is 9.59 Å². The van der Waals surface area contributed by atoms with Gasteiger partial charge in [0, 0.05) is 12.2 Å². The summed E-state index contributed by atoms with van der Waals surface area (Å²) in [4.78, 5) is 25.7. The molecule has 1 aliphatic rings. The quantitative estimate of drug-likeness (QED) is 0.764. The molecular formula is C22H26N2O4. The molecule has 1 aliphatic heterocycles. The van der Waals surface area contributed by atoms with E-state index in [0.717, 1.165) is 48.4 Å². The van der Waals surface area contributed by atoms with E-state index < -0.39 is 5.97 Å². The number of benzene rings is 2. The lowest BCUT2D eigenvalue weighted by molar-refractivity contribution is -0.138. The Hall–Kier alpha value is -2.86. The second-order valence-corrected chi connectivity index (χ2v) is 6.99. The van der Waals surface area contributed by atoms with Gasteiger partial charge in [0.2, 0.25) is 5.91 Å². The predicted molar refractivity (Wildman–Crippen MR) is 109 cm³/mol. The number of piperidine rings is 1. The maximum atomic E-state index is 12.9. The van der Waals surface area contributed by atoms with Gasteiger partial charge in [-0.1, -0.05) is 30.7 Å². The van der Waals surface area contributed by atoms with Crippen molar-refractivity contribution in [1.82, 2.24) is 4.90 Å². The molecule has 2 aromatic carbocycles. The zero-order valence-corrected chi connectivity index (χ0v) is 16.1. The Morgan fingerprint density at radius 3 is 2.64 bits per heavy atom. The van der Waals surface area contributed by atoms with E-state index in [0.29, 0.717) is 6.54 Å². The highest BCUT2D eigenvalue weighted by atomic mass is 16.5. The van der Waals surface area contributed by atoms with Crippen LogP contribution in [-0.4, -0.2) is 48.1 Å². The van der Waals surface area contributed by atoms with Gasteiger partial charge in [-0.25, -0.2) is 0 Å². The Balaban J connectivity index is 1.71. The van der Waals surface area contributed by atoms with Gasteiger partial charge in [0.25, 0.3) is 0 Å². The maximum absolute atomic E-state index is 12.9. The summed E-state index contributed by atoms with van der Waals surface area (Å²) in [6.07, 6.45) is 2.77. The number of rotatable bonds is 7. The van der Waals surface area contributed by atoms with Gasteiger partial charge in [-0.15, -0.1) is 0 Å². The maximum Gasteiger partial charge on any atom is 0.304 e. The number of hydrogen-bond acceptors (Lipinski definition) is 4. The first-order chi connectivity index (χ1) is 13.6. The van der Waals surface area contributed by atoms with Crippen molar-refractivity contribution >= 4 is 17.6 Å². The molecule has 0 saturated carbocycles. The molecule has 0 aliphatic carbocycles. The molecule has 2 N–H and O–H groups in total. The number of likely N-dealkylation sites (tertiary alicyclic amines) is 1. The van der Waals surface area contributed by atoms with Crippen LogP contribution in [0.3, 0.4) is 0 Å². The summed E-state index contributed by atoms with van der Waals surface area (Å²) in [5.74, 6) is -0.133. The molecule has 1 fully saturated rings. The van der Waals surface area contributed by atoms with E-state index in [2.05, 4.69) is 5.32 Å². The number of carboxylic acid groups (broad SMARTS) is 1. The van der Waals surface area contributed by atoms with Crippen LogP contribution in [0.4, 0.5) is 5.69 Å². The second kappa shape index (κ2) is 9.37. The molecule has 0 bridgehead atoms. The minimum Gasteiger partial charge on any atom is -0.497 e. The smallest absolute Gasteiger partial charge is 0.304 e. The third-order valence-electron chi connectivity index (χ3n) is 5.06. The summed E-state index contributed by atoms with van der Waals surface area (Å²) in [6.45, 7) is 1.16. The lowest BCUT2D eigenvalue weighted by Crippen LogP contribution is -2.47. The summed E-state index contributed by atoms with van der Waals surface area (Å²) in [6, 6.07) is 15.2. The third-order valence-corrected chi connectivity index (χ3v) is 5.06. The van der Waals surface area contributed by atoms with Crippen molar-refractivity contribution in [3.63, 3.8) is 0 Å². The van der Waals surface area contributed by atoms with Gasteiger partial charge < -0.3 is 15.2 Å². The molecule has 2 aromatic rings. The van der Waals surface area contributed by atoms with Crippen LogP contribution in [0.25, 0.3) is 11.1 Å². The number of carbonyl (C=O) groups excluding carboxylic acids is 1. The standard InChI is InChI=1S/C22H26N2O4/c1-28-19-9-5-7-17(15-19)16-6-4-8-18(14-16)23-22(27)20-10-2-3-12-24(20)13-11-21(25)26/h4-9,14-15,20H,2-3,10-13H2,1H3,(H,23,27)(H,25,26). The van der Waals surface area contributed by atoms with Crippen molar-refractivity contribution in [2.45, 2.75) is 31.7 Å². The minimum atomic E-state index is -0.837. The first-order valence-corrected chi connectivity index (χ1v) is 9.58. The SMILES string of the molecule is COc1cccc(-c2cccc(NC(=O)C3CCCCN3CCC(=O)O)c2)c1. The summed E-state index contributed by atoms with van der Waals surface area (Å²) < 4.78 is 5.29. The van der Waals surface area contributed by atoms with Crippen molar-refractivity contribution in [3.8, 4) is 16.9 Å². The van der Waals surface area contributed by atoms with E-state index in [1.165, 1.54) is 0 Å². The van der Waals surface area contributed by atoms with Crippen molar-refractivity contribution in [2.75, 3.05) is 25.5 Å². The van der Waals surface area contributed by atoms with Gasteiger partial charge >= 0.3 is 5.97 Å². The first-order valence-electron chi connectivity index (χ1n) is 9.58. The van der Waals surface area contributed by atoms with Gasteiger partial charge in [-0.3, -0.25) is 14.5 Å². The zero-order chi connectivity index (χ0) is 19.9. The van der Waals surface area contributed by atoms with Gasteiger partial charge in [0.05, 0.1) is 19.6 Å². The van der Waals surface area contributed by atoms with Crippen molar-refractivity contribution in [3.05, 3.63) is 48.5 Å². The Morgan fingerprint density at radius 2 is 1.89 bits per heavy atom. The average Bonchev–Trinajstić information content (AvgIpc) is 2.72. The monoisotopic (exact) mass is 382 g/mol. The van der Waals surface area contributed by atoms with Crippen molar-refractivity contribution in [1.29, 1.82) is 0 Å². The lowest BCUT2D eigenvalue weighted by atomic mass is 10.0. The normalized spacial score (nSPS) is 17.1. The summed E-state index contributed by atoms with van der Waals surface area (Å²) in [5.41, 5.74) is 2.73. The van der Waals surface area contributed by atoms with Gasteiger partial charge in [-0.2, -0.15) is 0 Å². The zero-order valence-electron chi connectivity index (χ0n) is 16.1. The number of nitrogens with zero attached hydrogens (tertiary/aromatic N) is 1. The van der Waals surface area contributed by atoms with Crippen LogP contribution in [0.2, 0.25) is 0 Å². The third kappa shape index (κ3) is 5.10. The number of anilines is 1. The van der Waals surface area contributed by atoms with Crippen LogP contribution >= 0.6 is 0 Å². The molecule has 148 valence electrons. The summed E-state index contributed by atoms with van der Waals surface area (Å²) in [5, 5.41) is 12.0. The van der Waals surface area contributed by atoms with Crippen LogP contribution < -0.4 is 10.1 Å². The molecule has 6 nitrogen and oxygen atoms in total. The fourth-order valence-electron chi connectivity index (χ4n) is 3.60. The number of ether oxygens (including phenoxy) is 1. The highest BCUT2D eigenvalue weighted by Crippen LogP contribution is 2.26. The van der Waals surface area contributed by atoms with Crippen molar-refractivity contribution < 1.29 is 19.4 Å². The van der Waals surface area contributed by atoms with Crippen LogP contribution in [0.5, 0.6) is 5.75 Å². The fraction of sp³-hybridized carbons (Fsp3) is 0.364. The summed E-state index contributed by atoms with van der Waals surface area (Å²) in [7, 11) is 1.63. The predicted octanol–water partition coefficient (Wildman–Crippen LogP) is 3.63. The van der Waals surface area contributed by atoms with E-state index in [-0.39, 0.29) is 18.4 Å². The highest BCUT2D eigenvalue weighted by Gasteiger charge is 2.28. The molecule has 0 aromatic heterocycles. The van der Waals surface area contributed by atoms with Gasteiger partial charge in [-0.05, 0) is 54.8 Å². The van der Waals surface area contributed by atoms with E-state index >= 15 is 0 Å². The molecule has 0 radical (unpaired) electrons. The fourth-order valence-corrected chi connectivity index (χ4v) is 3.60. The molecule has 0 spiro atoms. The molecule has 28 heavy (non-hydrogen) atoms.